The SMILES string of the molecule is COC(=O)C1(C)C(=O)C2=C(C(=O)C=C3N(C(=O)c4cc5cc(OC)c(OC)c(OC)c5[nH]4)CC4CC324)N1C(=O)OCOC(=O)C1CCC(CN2C(=O)CC(S)C2=O)CC1. The second-order valence-electron chi connectivity index (χ2n) is 15.7. The lowest BCUT2D eigenvalue weighted by Crippen LogP contribution is -2.57. The number of ketones is 2. The number of fused-ring (bicyclic) bond motifs is 1. The van der Waals surface area contributed by atoms with Crippen LogP contribution < -0.4 is 14.2 Å². The van der Waals surface area contributed by atoms with Gasteiger partial charge in [-0.2, -0.15) is 12.6 Å². The normalized spacial score (nSPS) is 28.3. The van der Waals surface area contributed by atoms with Crippen molar-refractivity contribution in [2.24, 2.45) is 23.2 Å². The number of aromatic amines is 1. The van der Waals surface area contributed by atoms with Crippen molar-refractivity contribution in [1.82, 2.24) is 19.7 Å². The number of carbonyl (C=O) groups is 8. The van der Waals surface area contributed by atoms with E-state index in [1.807, 2.05) is 0 Å². The Kier molecular flexibility index (Phi) is 9.79. The maximum absolute atomic E-state index is 14.5. The summed E-state index contributed by atoms with van der Waals surface area (Å²) in [6, 6.07) is 3.29. The largest absolute Gasteiger partial charge is 0.493 e. The zero-order valence-electron chi connectivity index (χ0n) is 32.9. The van der Waals surface area contributed by atoms with Crippen molar-refractivity contribution in [3.63, 3.8) is 0 Å². The molecule has 4 atom stereocenters. The van der Waals surface area contributed by atoms with Gasteiger partial charge in [0, 0.05) is 47.7 Å². The third kappa shape index (κ3) is 5.90. The number of hydrogen-bond acceptors (Lipinski definition) is 15. The summed E-state index contributed by atoms with van der Waals surface area (Å²) in [5.41, 5.74) is -3.07. The molecule has 19 heteroatoms. The van der Waals surface area contributed by atoms with E-state index in [1.54, 1.807) is 12.1 Å². The number of hydrogen-bond donors (Lipinski definition) is 2. The zero-order valence-corrected chi connectivity index (χ0v) is 33.8. The average molecular weight is 835 g/mol. The van der Waals surface area contributed by atoms with Gasteiger partial charge in [-0.1, -0.05) is 0 Å². The highest BCUT2D eigenvalue weighted by atomic mass is 32.1. The van der Waals surface area contributed by atoms with Gasteiger partial charge in [-0.05, 0) is 63.0 Å². The Morgan fingerprint density at radius 2 is 1.64 bits per heavy atom. The van der Waals surface area contributed by atoms with Crippen LogP contribution in [0.4, 0.5) is 4.79 Å². The minimum absolute atomic E-state index is 0.0136. The van der Waals surface area contributed by atoms with Gasteiger partial charge in [0.15, 0.2) is 17.3 Å². The van der Waals surface area contributed by atoms with Crippen LogP contribution in [0.3, 0.4) is 0 Å². The fraction of sp³-hybridized carbons (Fsp3) is 0.500. The summed E-state index contributed by atoms with van der Waals surface area (Å²) < 4.78 is 32.1. The first-order valence-electron chi connectivity index (χ1n) is 19.1. The molecule has 312 valence electrons. The molecule has 3 aliphatic carbocycles. The van der Waals surface area contributed by atoms with E-state index in [4.69, 9.17) is 28.4 Å². The van der Waals surface area contributed by atoms with Crippen molar-refractivity contribution in [2.45, 2.75) is 56.2 Å². The summed E-state index contributed by atoms with van der Waals surface area (Å²) >= 11 is 4.16. The van der Waals surface area contributed by atoms with Crippen molar-refractivity contribution >= 4 is 70.9 Å². The van der Waals surface area contributed by atoms with Crippen LogP contribution in [0.2, 0.25) is 0 Å². The number of imide groups is 1. The summed E-state index contributed by atoms with van der Waals surface area (Å²) in [6.45, 7) is 0.685. The number of benzene rings is 1. The molecule has 2 saturated carbocycles. The number of Topliss-reactive ketones (excluding diaryl/α,β-unsaturated/α-hetero) is 1. The smallest absolute Gasteiger partial charge is 0.418 e. The minimum atomic E-state index is -2.35. The number of H-pyrrole nitrogens is 1. The lowest BCUT2D eigenvalue weighted by atomic mass is 9.80. The highest BCUT2D eigenvalue weighted by Crippen LogP contribution is 2.71. The van der Waals surface area contributed by atoms with E-state index in [-0.39, 0.29) is 65.8 Å². The zero-order chi connectivity index (χ0) is 42.3. The molecule has 1 aromatic carbocycles. The molecule has 1 spiro atoms. The Labute approximate surface area is 342 Å². The van der Waals surface area contributed by atoms with E-state index in [0.717, 1.165) is 14.0 Å². The molecule has 18 nitrogen and oxygen atoms in total. The minimum Gasteiger partial charge on any atom is -0.493 e. The van der Waals surface area contributed by atoms with Crippen molar-refractivity contribution in [3.05, 3.63) is 40.9 Å². The quantitative estimate of drug-likeness (QED) is 0.116. The van der Waals surface area contributed by atoms with E-state index in [2.05, 4.69) is 17.6 Å². The average Bonchev–Trinajstić information content (AvgIpc) is 3.42. The number of likely N-dealkylation sites (tertiary alicyclic amines) is 2. The van der Waals surface area contributed by atoms with E-state index in [9.17, 15) is 38.4 Å². The van der Waals surface area contributed by atoms with E-state index in [0.29, 0.717) is 65.2 Å². The van der Waals surface area contributed by atoms with Gasteiger partial charge in [-0.25, -0.2) is 14.5 Å². The molecule has 0 radical (unpaired) electrons. The number of allylic oxidation sites excluding steroid dienone is 2. The Morgan fingerprint density at radius 3 is 2.27 bits per heavy atom. The van der Waals surface area contributed by atoms with Crippen molar-refractivity contribution in [3.8, 4) is 17.2 Å². The van der Waals surface area contributed by atoms with Crippen molar-refractivity contribution < 1.29 is 66.8 Å². The van der Waals surface area contributed by atoms with Gasteiger partial charge in [-0.3, -0.25) is 33.7 Å². The standard InChI is InChI=1S/C40H42N4O14S/c1-39(37(51)56-5)33(47)28-30(44(39)38(52)58-17-57-36(50)19-8-6-18(7-9-19)15-43-27(46)13-25(59)35(43)49)23(45)12-26-40(28)14-21(40)16-42(26)34(48)22-10-20-11-24(53-2)31(54-3)32(55-4)29(20)41-22/h10-12,18-19,21,25,41,59H,6-9,13-17H2,1-5H3. The number of amides is 4. The second kappa shape index (κ2) is 14.5. The Hall–Kier alpha value is -5.85. The lowest BCUT2D eigenvalue weighted by Gasteiger charge is -2.32. The number of thiol groups is 1. The monoisotopic (exact) mass is 834 g/mol. The van der Waals surface area contributed by atoms with Crippen molar-refractivity contribution in [1.29, 1.82) is 0 Å². The summed E-state index contributed by atoms with van der Waals surface area (Å²) in [5.74, 6) is -4.33. The maximum atomic E-state index is 14.5. The lowest BCUT2D eigenvalue weighted by molar-refractivity contribution is -0.162. The highest BCUT2D eigenvalue weighted by Gasteiger charge is 2.75. The number of carbonyl (C=O) groups excluding carboxylic acids is 8. The Bertz CT molecular complexity index is 2330. The molecular weight excluding hydrogens is 793 g/mol. The van der Waals surface area contributed by atoms with Crippen LogP contribution in [0.1, 0.15) is 55.9 Å². The van der Waals surface area contributed by atoms with Crippen LogP contribution in [-0.4, -0.2) is 126 Å². The molecule has 0 bridgehead atoms. The maximum Gasteiger partial charge on any atom is 0.418 e. The molecular formula is C40H42N4O14S. The predicted molar refractivity (Wildman–Crippen MR) is 204 cm³/mol. The summed E-state index contributed by atoms with van der Waals surface area (Å²) in [7, 11) is 5.42. The van der Waals surface area contributed by atoms with Crippen LogP contribution >= 0.6 is 12.6 Å². The highest BCUT2D eigenvalue weighted by molar-refractivity contribution is 7.81. The number of rotatable bonds is 10. The first-order chi connectivity index (χ1) is 28.1. The molecule has 2 aromatic rings. The molecule has 3 aliphatic heterocycles. The molecule has 1 aromatic heterocycles. The second-order valence-corrected chi connectivity index (χ2v) is 16.3. The number of esters is 2. The molecule has 4 heterocycles. The predicted octanol–water partition coefficient (Wildman–Crippen LogP) is 2.69. The van der Waals surface area contributed by atoms with Gasteiger partial charge in [0.25, 0.3) is 5.91 Å². The molecule has 4 unspecified atom stereocenters. The van der Waals surface area contributed by atoms with E-state index >= 15 is 0 Å². The Balaban J connectivity index is 0.981. The van der Waals surface area contributed by atoms with Gasteiger partial charge in [-0.15, -0.1) is 0 Å². The van der Waals surface area contributed by atoms with Gasteiger partial charge >= 0.3 is 18.0 Å². The van der Waals surface area contributed by atoms with Gasteiger partial charge < -0.3 is 38.3 Å². The molecule has 59 heavy (non-hydrogen) atoms. The van der Waals surface area contributed by atoms with Crippen LogP contribution in [0, 0.1) is 23.2 Å². The third-order valence-electron chi connectivity index (χ3n) is 12.7. The number of nitrogens with zero attached hydrogens (tertiary/aromatic N) is 3. The number of piperidine rings is 1. The first kappa shape index (κ1) is 40.0. The summed E-state index contributed by atoms with van der Waals surface area (Å²) in [4.78, 5) is 114. The fourth-order valence-corrected chi connectivity index (χ4v) is 9.86. The van der Waals surface area contributed by atoms with Crippen LogP contribution in [0.15, 0.2) is 35.2 Å². The van der Waals surface area contributed by atoms with Crippen molar-refractivity contribution in [2.75, 3.05) is 48.3 Å². The van der Waals surface area contributed by atoms with E-state index in [1.165, 1.54) is 37.2 Å². The fourth-order valence-electron chi connectivity index (χ4n) is 9.56. The molecule has 4 amide bonds. The van der Waals surface area contributed by atoms with Gasteiger partial charge in [0.05, 0.1) is 45.1 Å². The summed E-state index contributed by atoms with van der Waals surface area (Å²) in [5, 5.41) is -0.0482. The van der Waals surface area contributed by atoms with Crippen LogP contribution in [0.25, 0.3) is 10.9 Å². The molecule has 4 fully saturated rings. The third-order valence-corrected chi connectivity index (χ3v) is 13.1. The van der Waals surface area contributed by atoms with Crippen LogP contribution in [-0.2, 0) is 43.0 Å². The number of aromatic nitrogens is 1. The number of methoxy groups -OCH3 is 4. The molecule has 1 N–H and O–H groups in total. The van der Waals surface area contributed by atoms with E-state index < -0.39 is 64.4 Å². The molecule has 6 aliphatic rings. The Morgan fingerprint density at radius 1 is 0.932 bits per heavy atom. The van der Waals surface area contributed by atoms with Crippen LogP contribution in [0.5, 0.6) is 17.2 Å². The topological polar surface area (TPSA) is 217 Å². The number of nitrogens with one attached hydrogen (secondary N) is 1. The number of ether oxygens (including phenoxy) is 6. The summed E-state index contributed by atoms with van der Waals surface area (Å²) in [6.07, 6.45) is 2.30. The van der Waals surface area contributed by atoms with Gasteiger partial charge in [0.1, 0.15) is 11.4 Å². The first-order valence-corrected chi connectivity index (χ1v) is 19.6. The molecule has 2 saturated heterocycles. The van der Waals surface area contributed by atoms with Gasteiger partial charge in [0.2, 0.25) is 35.7 Å². The molecule has 8 rings (SSSR count).